The van der Waals surface area contributed by atoms with Crippen molar-refractivity contribution in [1.82, 2.24) is 5.32 Å². The van der Waals surface area contributed by atoms with Crippen molar-refractivity contribution in [2.75, 3.05) is 24.5 Å². The second-order valence-electron chi connectivity index (χ2n) is 6.15. The number of aliphatic hydroxyl groups excluding tert-OH is 1. The van der Waals surface area contributed by atoms with Crippen LogP contribution >= 0.6 is 0 Å². The number of aliphatic hydroxyl groups is 1. The average Bonchev–Trinajstić information content (AvgIpc) is 2.54. The standard InChI is InChI=1S/C18H30N2O/c1-3-5-15-6-8-17(9-7-15)20-12-10-16(11-13-20)19-14-18(21)4-2/h6-9,16,18-19,21H,3-5,10-14H2,1-2H3. The molecule has 1 fully saturated rings. The lowest BCUT2D eigenvalue weighted by atomic mass is 10.0. The van der Waals surface area contributed by atoms with Crippen molar-refractivity contribution in [3.05, 3.63) is 29.8 Å². The van der Waals surface area contributed by atoms with Gasteiger partial charge in [-0.3, -0.25) is 0 Å². The van der Waals surface area contributed by atoms with Crippen molar-refractivity contribution in [1.29, 1.82) is 0 Å². The van der Waals surface area contributed by atoms with E-state index in [1.807, 2.05) is 6.92 Å². The fraction of sp³-hybridized carbons (Fsp3) is 0.667. The minimum atomic E-state index is -0.200. The molecule has 1 aromatic rings. The number of nitrogens with one attached hydrogen (secondary N) is 1. The van der Waals surface area contributed by atoms with E-state index >= 15 is 0 Å². The monoisotopic (exact) mass is 290 g/mol. The number of aryl methyl sites for hydroxylation is 1. The normalized spacial score (nSPS) is 18.0. The Kier molecular flexibility index (Phi) is 6.52. The largest absolute Gasteiger partial charge is 0.392 e. The van der Waals surface area contributed by atoms with Gasteiger partial charge in [0.2, 0.25) is 0 Å². The summed E-state index contributed by atoms with van der Waals surface area (Å²) in [6.07, 6.45) is 5.33. The Morgan fingerprint density at radius 1 is 1.19 bits per heavy atom. The fourth-order valence-corrected chi connectivity index (χ4v) is 2.95. The molecule has 118 valence electrons. The van der Waals surface area contributed by atoms with E-state index in [1.54, 1.807) is 0 Å². The summed E-state index contributed by atoms with van der Waals surface area (Å²) in [6.45, 7) is 7.19. The van der Waals surface area contributed by atoms with E-state index in [-0.39, 0.29) is 6.10 Å². The smallest absolute Gasteiger partial charge is 0.0662 e. The first-order valence-corrected chi connectivity index (χ1v) is 8.48. The van der Waals surface area contributed by atoms with Crippen LogP contribution in [0.3, 0.4) is 0 Å². The zero-order chi connectivity index (χ0) is 15.1. The lowest BCUT2D eigenvalue weighted by Crippen LogP contribution is -2.44. The third-order valence-electron chi connectivity index (χ3n) is 4.45. The van der Waals surface area contributed by atoms with Gasteiger partial charge in [0.1, 0.15) is 0 Å². The van der Waals surface area contributed by atoms with Crippen LogP contribution in [0.25, 0.3) is 0 Å². The molecular weight excluding hydrogens is 260 g/mol. The minimum Gasteiger partial charge on any atom is -0.392 e. The maximum absolute atomic E-state index is 9.62. The minimum absolute atomic E-state index is 0.200. The number of rotatable bonds is 7. The van der Waals surface area contributed by atoms with Gasteiger partial charge in [0, 0.05) is 31.4 Å². The third-order valence-corrected chi connectivity index (χ3v) is 4.45. The molecule has 0 bridgehead atoms. The van der Waals surface area contributed by atoms with Gasteiger partial charge in [0.25, 0.3) is 0 Å². The zero-order valence-corrected chi connectivity index (χ0v) is 13.5. The number of nitrogens with zero attached hydrogens (tertiary/aromatic N) is 1. The van der Waals surface area contributed by atoms with Gasteiger partial charge in [-0.1, -0.05) is 32.4 Å². The van der Waals surface area contributed by atoms with Crippen molar-refractivity contribution in [3.8, 4) is 0 Å². The molecule has 0 aliphatic carbocycles. The fourth-order valence-electron chi connectivity index (χ4n) is 2.95. The molecule has 0 spiro atoms. The third kappa shape index (κ3) is 5.01. The predicted octanol–water partition coefficient (Wildman–Crippen LogP) is 2.97. The highest BCUT2D eigenvalue weighted by Crippen LogP contribution is 2.21. The zero-order valence-electron chi connectivity index (χ0n) is 13.5. The average molecular weight is 290 g/mol. The molecule has 0 saturated carbocycles. The van der Waals surface area contributed by atoms with Crippen LogP contribution in [0.1, 0.15) is 45.1 Å². The Bertz CT molecular complexity index is 396. The Labute approximate surface area is 129 Å². The van der Waals surface area contributed by atoms with Crippen LogP contribution in [0.2, 0.25) is 0 Å². The Hall–Kier alpha value is -1.06. The molecule has 1 heterocycles. The van der Waals surface area contributed by atoms with Crippen LogP contribution < -0.4 is 10.2 Å². The van der Waals surface area contributed by atoms with E-state index in [4.69, 9.17) is 0 Å². The molecule has 1 aliphatic rings. The summed E-state index contributed by atoms with van der Waals surface area (Å²) >= 11 is 0. The van der Waals surface area contributed by atoms with Crippen LogP contribution in [-0.2, 0) is 6.42 Å². The van der Waals surface area contributed by atoms with Crippen LogP contribution in [0.15, 0.2) is 24.3 Å². The van der Waals surface area contributed by atoms with E-state index in [0.717, 1.165) is 38.9 Å². The summed E-state index contributed by atoms with van der Waals surface area (Å²) in [6, 6.07) is 9.61. The van der Waals surface area contributed by atoms with Crippen molar-refractivity contribution in [2.45, 2.75) is 58.1 Å². The topological polar surface area (TPSA) is 35.5 Å². The Morgan fingerprint density at radius 3 is 2.43 bits per heavy atom. The van der Waals surface area contributed by atoms with Gasteiger partial charge in [0.15, 0.2) is 0 Å². The number of piperidine rings is 1. The SMILES string of the molecule is CCCc1ccc(N2CCC(NCC(O)CC)CC2)cc1. The summed E-state index contributed by atoms with van der Waals surface area (Å²) in [4.78, 5) is 2.48. The Morgan fingerprint density at radius 2 is 1.86 bits per heavy atom. The molecule has 1 unspecified atom stereocenters. The maximum Gasteiger partial charge on any atom is 0.0662 e. The van der Waals surface area contributed by atoms with Crippen LogP contribution in [0, 0.1) is 0 Å². The first-order chi connectivity index (χ1) is 10.2. The molecule has 3 nitrogen and oxygen atoms in total. The van der Waals surface area contributed by atoms with Gasteiger partial charge >= 0.3 is 0 Å². The van der Waals surface area contributed by atoms with Crippen LogP contribution in [0.4, 0.5) is 5.69 Å². The molecule has 1 aromatic carbocycles. The highest BCUT2D eigenvalue weighted by molar-refractivity contribution is 5.48. The lowest BCUT2D eigenvalue weighted by Gasteiger charge is -2.34. The van der Waals surface area contributed by atoms with E-state index in [0.29, 0.717) is 6.04 Å². The lowest BCUT2D eigenvalue weighted by molar-refractivity contribution is 0.160. The van der Waals surface area contributed by atoms with Gasteiger partial charge in [-0.15, -0.1) is 0 Å². The maximum atomic E-state index is 9.62. The first-order valence-electron chi connectivity index (χ1n) is 8.48. The molecule has 0 amide bonds. The molecular formula is C18H30N2O. The van der Waals surface area contributed by atoms with Crippen molar-refractivity contribution < 1.29 is 5.11 Å². The van der Waals surface area contributed by atoms with E-state index in [1.165, 1.54) is 24.1 Å². The van der Waals surface area contributed by atoms with Crippen molar-refractivity contribution >= 4 is 5.69 Å². The van der Waals surface area contributed by atoms with E-state index in [9.17, 15) is 5.11 Å². The molecule has 0 radical (unpaired) electrons. The second kappa shape index (κ2) is 8.40. The van der Waals surface area contributed by atoms with Crippen LogP contribution in [0.5, 0.6) is 0 Å². The molecule has 1 saturated heterocycles. The van der Waals surface area contributed by atoms with Gasteiger partial charge < -0.3 is 15.3 Å². The molecule has 21 heavy (non-hydrogen) atoms. The van der Waals surface area contributed by atoms with Crippen LogP contribution in [-0.4, -0.2) is 36.9 Å². The summed E-state index contributed by atoms with van der Waals surface area (Å²) in [7, 11) is 0. The molecule has 1 atom stereocenters. The van der Waals surface area contributed by atoms with E-state index in [2.05, 4.69) is 41.4 Å². The number of hydrogen-bond donors (Lipinski definition) is 2. The molecule has 2 N–H and O–H groups in total. The highest BCUT2D eigenvalue weighted by Gasteiger charge is 2.19. The number of anilines is 1. The van der Waals surface area contributed by atoms with E-state index < -0.39 is 0 Å². The van der Waals surface area contributed by atoms with Gasteiger partial charge in [-0.2, -0.15) is 0 Å². The number of benzene rings is 1. The summed E-state index contributed by atoms with van der Waals surface area (Å²) in [5.74, 6) is 0. The quantitative estimate of drug-likeness (QED) is 0.810. The summed E-state index contributed by atoms with van der Waals surface area (Å²) in [5.41, 5.74) is 2.79. The van der Waals surface area contributed by atoms with Gasteiger partial charge in [0.05, 0.1) is 6.10 Å². The molecule has 1 aliphatic heterocycles. The molecule has 3 heteroatoms. The first kappa shape index (κ1) is 16.3. The second-order valence-corrected chi connectivity index (χ2v) is 6.15. The predicted molar refractivity (Wildman–Crippen MR) is 90.0 cm³/mol. The van der Waals surface area contributed by atoms with Crippen molar-refractivity contribution in [3.63, 3.8) is 0 Å². The van der Waals surface area contributed by atoms with Crippen molar-refractivity contribution in [2.24, 2.45) is 0 Å². The number of hydrogen-bond acceptors (Lipinski definition) is 3. The van der Waals surface area contributed by atoms with Gasteiger partial charge in [-0.25, -0.2) is 0 Å². The highest BCUT2D eigenvalue weighted by atomic mass is 16.3. The molecule has 0 aromatic heterocycles. The summed E-state index contributed by atoms with van der Waals surface area (Å²) in [5, 5.41) is 13.1. The molecule has 2 rings (SSSR count). The van der Waals surface area contributed by atoms with Gasteiger partial charge in [-0.05, 0) is 43.4 Å². The Balaban J connectivity index is 1.78. The summed E-state index contributed by atoms with van der Waals surface area (Å²) < 4.78 is 0.